The molecule has 4 heteroatoms. The van der Waals surface area contributed by atoms with Crippen LogP contribution in [0.15, 0.2) is 59.7 Å². The van der Waals surface area contributed by atoms with Crippen LogP contribution >= 0.6 is 0 Å². The van der Waals surface area contributed by atoms with E-state index in [1.165, 1.54) is 12.0 Å². The zero-order valence-corrected chi connectivity index (χ0v) is 12.1. The van der Waals surface area contributed by atoms with E-state index in [2.05, 4.69) is 52.4 Å². The first-order chi connectivity index (χ1) is 10.3. The highest BCUT2D eigenvalue weighted by molar-refractivity contribution is 5.63. The van der Waals surface area contributed by atoms with Crippen LogP contribution in [0.3, 0.4) is 0 Å². The quantitative estimate of drug-likeness (QED) is 0.737. The molecule has 0 bridgehead atoms. The molecule has 2 aromatic heterocycles. The Balaban J connectivity index is 1.66. The van der Waals surface area contributed by atoms with Gasteiger partial charge >= 0.3 is 0 Å². The number of nitrogens with zero attached hydrogens (tertiary/aromatic N) is 2. The van der Waals surface area contributed by atoms with Crippen molar-refractivity contribution in [1.82, 2.24) is 9.55 Å². The predicted octanol–water partition coefficient (Wildman–Crippen LogP) is 4.17. The van der Waals surface area contributed by atoms with Gasteiger partial charge in [-0.3, -0.25) is 0 Å². The van der Waals surface area contributed by atoms with Gasteiger partial charge in [-0.1, -0.05) is 19.1 Å². The molecule has 1 aromatic carbocycles. The highest BCUT2D eigenvalue weighted by Crippen LogP contribution is 2.22. The van der Waals surface area contributed by atoms with Crippen LogP contribution in [0.4, 0.5) is 5.69 Å². The molecule has 0 aliphatic rings. The van der Waals surface area contributed by atoms with E-state index in [0.29, 0.717) is 0 Å². The molecule has 21 heavy (non-hydrogen) atoms. The van der Waals surface area contributed by atoms with E-state index in [4.69, 9.17) is 4.42 Å². The van der Waals surface area contributed by atoms with Crippen LogP contribution in [0.25, 0.3) is 11.3 Å². The van der Waals surface area contributed by atoms with Crippen molar-refractivity contribution >= 4 is 5.69 Å². The summed E-state index contributed by atoms with van der Waals surface area (Å²) in [6, 6.07) is 10.3. The number of anilines is 1. The van der Waals surface area contributed by atoms with Crippen LogP contribution in [0.5, 0.6) is 0 Å². The zero-order chi connectivity index (χ0) is 14.5. The normalized spacial score (nSPS) is 10.7. The lowest BCUT2D eigenvalue weighted by atomic mass is 10.1. The Hall–Kier alpha value is -2.49. The first kappa shape index (κ1) is 13.5. The van der Waals surface area contributed by atoms with Crippen molar-refractivity contribution in [2.45, 2.75) is 26.4 Å². The fourth-order valence-corrected chi connectivity index (χ4v) is 2.34. The maximum absolute atomic E-state index is 5.33. The van der Waals surface area contributed by atoms with E-state index in [1.54, 1.807) is 6.20 Å². The lowest BCUT2D eigenvalue weighted by molar-refractivity contribution is 0.572. The van der Waals surface area contributed by atoms with Gasteiger partial charge in [0.05, 0.1) is 6.20 Å². The largest absolute Gasteiger partial charge is 0.444 e. The smallest absolute Gasteiger partial charge is 0.181 e. The summed E-state index contributed by atoms with van der Waals surface area (Å²) in [5, 5.41) is 3.44. The second kappa shape index (κ2) is 6.31. The van der Waals surface area contributed by atoms with Crippen molar-refractivity contribution in [3.05, 3.63) is 60.9 Å². The van der Waals surface area contributed by atoms with Gasteiger partial charge in [0.2, 0.25) is 0 Å². The average Bonchev–Trinajstić information content (AvgIpc) is 3.18. The molecular formula is C17H19N3O. The van der Waals surface area contributed by atoms with Crippen molar-refractivity contribution in [2.24, 2.45) is 0 Å². The number of aromatic nitrogens is 2. The summed E-state index contributed by atoms with van der Waals surface area (Å²) in [5.41, 5.74) is 3.39. The van der Waals surface area contributed by atoms with Gasteiger partial charge in [0.15, 0.2) is 12.2 Å². The summed E-state index contributed by atoms with van der Waals surface area (Å²) in [6.07, 6.45) is 8.65. The zero-order valence-electron chi connectivity index (χ0n) is 12.1. The lowest BCUT2D eigenvalue weighted by Crippen LogP contribution is -1.99. The van der Waals surface area contributed by atoms with Crippen LogP contribution in [0, 0.1) is 0 Å². The number of nitrogens with one attached hydrogen (secondary N) is 1. The number of hydrogen-bond acceptors (Lipinski definition) is 3. The highest BCUT2D eigenvalue weighted by Gasteiger charge is 2.03. The molecule has 0 atom stereocenters. The maximum Gasteiger partial charge on any atom is 0.181 e. The van der Waals surface area contributed by atoms with Gasteiger partial charge < -0.3 is 14.3 Å². The Labute approximate surface area is 124 Å². The Kier molecular flexibility index (Phi) is 4.05. The van der Waals surface area contributed by atoms with Gasteiger partial charge in [0, 0.05) is 36.7 Å². The summed E-state index contributed by atoms with van der Waals surface area (Å²) in [4.78, 5) is 3.95. The molecule has 1 N–H and O–H groups in total. The molecule has 108 valence electrons. The van der Waals surface area contributed by atoms with Crippen molar-refractivity contribution in [3.63, 3.8) is 0 Å². The Morgan fingerprint density at radius 2 is 2.24 bits per heavy atom. The molecule has 2 heterocycles. The Morgan fingerprint density at radius 3 is 3.05 bits per heavy atom. The summed E-state index contributed by atoms with van der Waals surface area (Å²) < 4.78 is 7.55. The second-order valence-corrected chi connectivity index (χ2v) is 5.06. The van der Waals surface area contributed by atoms with Gasteiger partial charge in [-0.15, -0.1) is 0 Å². The maximum atomic E-state index is 5.33. The number of benzene rings is 1. The molecule has 0 amide bonds. The minimum Gasteiger partial charge on any atom is -0.444 e. The first-order valence-corrected chi connectivity index (χ1v) is 7.22. The molecule has 0 aliphatic heterocycles. The van der Waals surface area contributed by atoms with Gasteiger partial charge in [-0.25, -0.2) is 4.98 Å². The first-order valence-electron chi connectivity index (χ1n) is 7.22. The Morgan fingerprint density at radius 1 is 1.29 bits per heavy atom. The number of rotatable bonds is 6. The summed E-state index contributed by atoms with van der Waals surface area (Å²) >= 11 is 0. The SMILES string of the molecule is CCCn1ccc(CNc2cccc(-c3cnco3)c2)c1. The van der Waals surface area contributed by atoms with Crippen molar-refractivity contribution < 1.29 is 4.42 Å². The third kappa shape index (κ3) is 3.34. The van der Waals surface area contributed by atoms with E-state index >= 15 is 0 Å². The molecular weight excluding hydrogens is 262 g/mol. The van der Waals surface area contributed by atoms with E-state index < -0.39 is 0 Å². The minimum atomic E-state index is 0.785. The number of hydrogen-bond donors (Lipinski definition) is 1. The van der Waals surface area contributed by atoms with Crippen LogP contribution in [-0.4, -0.2) is 9.55 Å². The van der Waals surface area contributed by atoms with Crippen molar-refractivity contribution in [1.29, 1.82) is 0 Å². The van der Waals surface area contributed by atoms with E-state index in [0.717, 1.165) is 36.5 Å². The second-order valence-electron chi connectivity index (χ2n) is 5.06. The van der Waals surface area contributed by atoms with Crippen LogP contribution < -0.4 is 5.32 Å². The van der Waals surface area contributed by atoms with Crippen LogP contribution in [0.2, 0.25) is 0 Å². The topological polar surface area (TPSA) is 43.0 Å². The van der Waals surface area contributed by atoms with Crippen molar-refractivity contribution in [3.8, 4) is 11.3 Å². The van der Waals surface area contributed by atoms with Crippen molar-refractivity contribution in [2.75, 3.05) is 5.32 Å². The Bertz CT molecular complexity index is 686. The van der Waals surface area contributed by atoms with Gasteiger partial charge in [0.25, 0.3) is 0 Å². The molecule has 0 aliphatic carbocycles. The molecule has 0 fully saturated rings. The third-order valence-electron chi connectivity index (χ3n) is 3.37. The summed E-state index contributed by atoms with van der Waals surface area (Å²) in [7, 11) is 0. The molecule has 4 nitrogen and oxygen atoms in total. The van der Waals surface area contributed by atoms with Crippen LogP contribution in [0.1, 0.15) is 18.9 Å². The van der Waals surface area contributed by atoms with Gasteiger partial charge in [-0.05, 0) is 30.2 Å². The third-order valence-corrected chi connectivity index (χ3v) is 3.37. The van der Waals surface area contributed by atoms with Crippen LogP contribution in [-0.2, 0) is 13.1 Å². The molecule has 3 rings (SSSR count). The molecule has 0 saturated heterocycles. The molecule has 0 radical (unpaired) electrons. The van der Waals surface area contributed by atoms with E-state index in [9.17, 15) is 0 Å². The number of oxazole rings is 1. The van der Waals surface area contributed by atoms with E-state index in [-0.39, 0.29) is 0 Å². The van der Waals surface area contributed by atoms with Gasteiger partial charge in [0.1, 0.15) is 0 Å². The fourth-order valence-electron chi connectivity index (χ4n) is 2.34. The monoisotopic (exact) mass is 281 g/mol. The summed E-state index contributed by atoms with van der Waals surface area (Å²) in [5.74, 6) is 0.785. The lowest BCUT2D eigenvalue weighted by Gasteiger charge is -2.06. The average molecular weight is 281 g/mol. The highest BCUT2D eigenvalue weighted by atomic mass is 16.3. The molecule has 3 aromatic rings. The standard InChI is InChI=1S/C17H19N3O/c1-2-7-20-8-6-14(12-20)10-19-16-5-3-4-15(9-16)17-11-18-13-21-17/h3-6,8-9,11-13,19H,2,7,10H2,1H3. The summed E-state index contributed by atoms with van der Waals surface area (Å²) in [6.45, 7) is 4.07. The van der Waals surface area contributed by atoms with E-state index in [1.807, 2.05) is 12.1 Å². The molecule has 0 saturated carbocycles. The predicted molar refractivity (Wildman–Crippen MR) is 84.0 cm³/mol. The van der Waals surface area contributed by atoms with Gasteiger partial charge in [-0.2, -0.15) is 0 Å². The fraction of sp³-hybridized carbons (Fsp3) is 0.235. The minimum absolute atomic E-state index is 0.785. The molecule has 0 spiro atoms. The number of aryl methyl sites for hydroxylation is 1. The molecule has 0 unspecified atom stereocenters.